The number of fused-ring (bicyclic) bond motifs is 1. The van der Waals surface area contributed by atoms with E-state index < -0.39 is 0 Å². The fourth-order valence-corrected chi connectivity index (χ4v) is 4.76. The van der Waals surface area contributed by atoms with Gasteiger partial charge in [-0.1, -0.05) is 12.1 Å². The van der Waals surface area contributed by atoms with Gasteiger partial charge in [-0.15, -0.1) is 11.3 Å². The summed E-state index contributed by atoms with van der Waals surface area (Å²) in [5.74, 6) is 0.171. The molecule has 1 saturated heterocycles. The number of rotatable bonds is 5. The molecular weight excluding hydrogens is 360 g/mol. The highest BCUT2D eigenvalue weighted by Gasteiger charge is 2.24. The normalized spacial score (nSPS) is 19.6. The number of benzene rings is 1. The molecule has 1 aromatic carbocycles. The third kappa shape index (κ3) is 4.39. The second-order valence-electron chi connectivity index (χ2n) is 7.14. The van der Waals surface area contributed by atoms with E-state index in [9.17, 15) is 9.59 Å². The summed E-state index contributed by atoms with van der Waals surface area (Å²) in [6.45, 7) is 2.09. The van der Waals surface area contributed by atoms with Crippen LogP contribution in [0.25, 0.3) is 0 Å². The van der Waals surface area contributed by atoms with E-state index in [0.717, 1.165) is 37.1 Å². The first-order chi connectivity index (χ1) is 13.2. The Morgan fingerprint density at radius 3 is 3.07 bits per heavy atom. The largest absolute Gasteiger partial charge is 0.372 e. The maximum atomic E-state index is 12.5. The average Bonchev–Trinajstić information content (AvgIpc) is 3.14. The number of likely N-dealkylation sites (tertiary alicyclic amines) is 1. The maximum Gasteiger partial charge on any atom is 0.227 e. The number of hydrogen-bond donors (Lipinski definition) is 1. The lowest BCUT2D eigenvalue weighted by Crippen LogP contribution is -2.34. The molecule has 0 saturated carbocycles. The number of thiophene rings is 1. The van der Waals surface area contributed by atoms with Crippen LogP contribution in [0.5, 0.6) is 0 Å². The van der Waals surface area contributed by atoms with Crippen molar-refractivity contribution in [1.82, 2.24) is 4.90 Å². The monoisotopic (exact) mass is 384 g/mol. The summed E-state index contributed by atoms with van der Waals surface area (Å²) in [5.41, 5.74) is 3.11. The summed E-state index contributed by atoms with van der Waals surface area (Å²) >= 11 is 1.66. The van der Waals surface area contributed by atoms with E-state index in [1.165, 1.54) is 10.4 Å². The standard InChI is InChI=1S/C21H24N2O3S/c24-19(13-18-21-16(7-10-26-18)8-11-27-21)22-17-5-3-4-15(12-17)14-23-9-2-1-6-20(23)25/h3-5,8,11-12,18H,1-2,6-7,9-10,13-14H2,(H,22,24). The van der Waals surface area contributed by atoms with Gasteiger partial charge in [0.25, 0.3) is 0 Å². The van der Waals surface area contributed by atoms with E-state index >= 15 is 0 Å². The lowest BCUT2D eigenvalue weighted by Gasteiger charge is -2.27. The van der Waals surface area contributed by atoms with Crippen molar-refractivity contribution >= 4 is 28.8 Å². The van der Waals surface area contributed by atoms with E-state index in [1.807, 2.05) is 29.2 Å². The van der Waals surface area contributed by atoms with Crippen LogP contribution in [-0.2, 0) is 27.3 Å². The van der Waals surface area contributed by atoms with Gasteiger partial charge in [0.15, 0.2) is 0 Å². The molecule has 0 bridgehead atoms. The molecule has 5 nitrogen and oxygen atoms in total. The summed E-state index contributed by atoms with van der Waals surface area (Å²) in [4.78, 5) is 27.6. The summed E-state index contributed by atoms with van der Waals surface area (Å²) in [6, 6.07) is 9.89. The molecule has 0 aliphatic carbocycles. The zero-order valence-corrected chi connectivity index (χ0v) is 16.1. The minimum atomic E-state index is -0.150. The number of piperidine rings is 1. The van der Waals surface area contributed by atoms with Gasteiger partial charge < -0.3 is 15.0 Å². The quantitative estimate of drug-likeness (QED) is 0.850. The summed E-state index contributed by atoms with van der Waals surface area (Å²) in [6.07, 6.45) is 3.79. The molecule has 2 amide bonds. The lowest BCUT2D eigenvalue weighted by molar-refractivity contribution is -0.133. The first-order valence-electron chi connectivity index (χ1n) is 9.53. The molecule has 1 fully saturated rings. The van der Waals surface area contributed by atoms with Gasteiger partial charge in [0, 0.05) is 30.1 Å². The van der Waals surface area contributed by atoms with Crippen molar-refractivity contribution in [1.29, 1.82) is 0 Å². The topological polar surface area (TPSA) is 58.6 Å². The van der Waals surface area contributed by atoms with E-state index in [4.69, 9.17) is 4.74 Å². The maximum absolute atomic E-state index is 12.5. The predicted octanol–water partition coefficient (Wildman–Crippen LogP) is 3.90. The van der Waals surface area contributed by atoms with E-state index in [-0.39, 0.29) is 17.9 Å². The SMILES string of the molecule is O=C(CC1OCCc2ccsc21)Nc1cccc(CN2CCCCC2=O)c1. The van der Waals surface area contributed by atoms with Crippen molar-refractivity contribution in [3.05, 3.63) is 51.7 Å². The molecule has 1 unspecified atom stereocenters. The van der Waals surface area contributed by atoms with Crippen molar-refractivity contribution in [2.45, 2.75) is 44.8 Å². The van der Waals surface area contributed by atoms with Crippen LogP contribution in [0, 0.1) is 0 Å². The van der Waals surface area contributed by atoms with Gasteiger partial charge in [0.2, 0.25) is 11.8 Å². The molecule has 27 heavy (non-hydrogen) atoms. The molecule has 4 rings (SSSR count). The average molecular weight is 385 g/mol. The van der Waals surface area contributed by atoms with Crippen molar-refractivity contribution in [2.75, 3.05) is 18.5 Å². The zero-order valence-electron chi connectivity index (χ0n) is 15.3. The Labute approximate surface area is 163 Å². The highest BCUT2D eigenvalue weighted by molar-refractivity contribution is 7.10. The molecule has 6 heteroatoms. The van der Waals surface area contributed by atoms with Crippen LogP contribution in [0.4, 0.5) is 5.69 Å². The van der Waals surface area contributed by atoms with Crippen LogP contribution in [0.2, 0.25) is 0 Å². The Kier molecular flexibility index (Phi) is 5.55. The second kappa shape index (κ2) is 8.23. The van der Waals surface area contributed by atoms with Crippen molar-refractivity contribution in [3.63, 3.8) is 0 Å². The van der Waals surface area contributed by atoms with Crippen molar-refractivity contribution in [3.8, 4) is 0 Å². The molecule has 1 aromatic heterocycles. The van der Waals surface area contributed by atoms with Gasteiger partial charge in [0.1, 0.15) is 6.10 Å². The molecule has 142 valence electrons. The smallest absolute Gasteiger partial charge is 0.227 e. The third-order valence-corrected chi connectivity index (χ3v) is 6.19. The van der Waals surface area contributed by atoms with Crippen LogP contribution >= 0.6 is 11.3 Å². The Hall–Kier alpha value is -2.18. The first-order valence-corrected chi connectivity index (χ1v) is 10.4. The van der Waals surface area contributed by atoms with E-state index in [0.29, 0.717) is 26.0 Å². The van der Waals surface area contributed by atoms with Crippen molar-refractivity contribution < 1.29 is 14.3 Å². The second-order valence-corrected chi connectivity index (χ2v) is 8.09. The van der Waals surface area contributed by atoms with Gasteiger partial charge in [-0.05, 0) is 54.0 Å². The molecule has 1 atom stereocenters. The number of anilines is 1. The fraction of sp³-hybridized carbons (Fsp3) is 0.429. The van der Waals surface area contributed by atoms with E-state index in [2.05, 4.69) is 16.8 Å². The lowest BCUT2D eigenvalue weighted by atomic mass is 10.1. The molecule has 0 radical (unpaired) electrons. The Balaban J connectivity index is 1.37. The molecule has 0 spiro atoms. The summed E-state index contributed by atoms with van der Waals surface area (Å²) < 4.78 is 5.81. The molecule has 2 aromatic rings. The third-order valence-electron chi connectivity index (χ3n) is 5.14. The Morgan fingerprint density at radius 2 is 2.19 bits per heavy atom. The van der Waals surface area contributed by atoms with Gasteiger partial charge >= 0.3 is 0 Å². The summed E-state index contributed by atoms with van der Waals surface area (Å²) in [5, 5.41) is 5.05. The number of carbonyl (C=O) groups excluding carboxylic acids is 2. The van der Waals surface area contributed by atoms with Crippen LogP contribution in [-0.4, -0.2) is 29.9 Å². The van der Waals surface area contributed by atoms with Crippen LogP contribution < -0.4 is 5.32 Å². The van der Waals surface area contributed by atoms with Gasteiger partial charge in [-0.3, -0.25) is 9.59 Å². The van der Waals surface area contributed by atoms with Crippen LogP contribution in [0.15, 0.2) is 35.7 Å². The van der Waals surface area contributed by atoms with Gasteiger partial charge in [0.05, 0.1) is 13.0 Å². The van der Waals surface area contributed by atoms with Gasteiger partial charge in [-0.25, -0.2) is 0 Å². The molecule has 1 N–H and O–H groups in total. The number of carbonyl (C=O) groups is 2. The van der Waals surface area contributed by atoms with Crippen LogP contribution in [0.3, 0.4) is 0 Å². The zero-order chi connectivity index (χ0) is 18.6. The highest BCUT2D eigenvalue weighted by atomic mass is 32.1. The number of ether oxygens (including phenoxy) is 1. The first kappa shape index (κ1) is 18.2. The summed E-state index contributed by atoms with van der Waals surface area (Å²) in [7, 11) is 0. The number of nitrogens with zero attached hydrogens (tertiary/aromatic N) is 1. The minimum Gasteiger partial charge on any atom is -0.372 e. The molecule has 2 aliphatic rings. The predicted molar refractivity (Wildman–Crippen MR) is 106 cm³/mol. The van der Waals surface area contributed by atoms with E-state index in [1.54, 1.807) is 11.3 Å². The number of hydrogen-bond acceptors (Lipinski definition) is 4. The molecular formula is C21H24N2O3S. The minimum absolute atomic E-state index is 0.0487. The molecule has 3 heterocycles. The molecule has 2 aliphatic heterocycles. The van der Waals surface area contributed by atoms with Gasteiger partial charge in [-0.2, -0.15) is 0 Å². The van der Waals surface area contributed by atoms with Crippen LogP contribution in [0.1, 0.15) is 47.8 Å². The fourth-order valence-electron chi connectivity index (χ4n) is 3.75. The Morgan fingerprint density at radius 1 is 1.26 bits per heavy atom. The number of nitrogens with one attached hydrogen (secondary N) is 1. The highest BCUT2D eigenvalue weighted by Crippen LogP contribution is 2.34. The van der Waals surface area contributed by atoms with Crippen molar-refractivity contribution in [2.24, 2.45) is 0 Å². The Bertz CT molecular complexity index is 832. The number of amides is 2.